The molecule has 154 valence electrons. The fourth-order valence-electron chi connectivity index (χ4n) is 2.83. The molecule has 2 amide bonds. The van der Waals surface area contributed by atoms with Crippen LogP contribution in [-0.2, 0) is 22.4 Å². The van der Waals surface area contributed by atoms with Crippen LogP contribution in [0.1, 0.15) is 11.1 Å². The molecule has 0 aliphatic carbocycles. The lowest BCUT2D eigenvalue weighted by molar-refractivity contribution is -0.130. The minimum Gasteiger partial charge on any atom is -0.497 e. The fraction of sp³-hybridized carbons (Fsp3) is 0.286. The average molecular weight is 400 g/mol. The molecule has 0 fully saturated rings. The summed E-state index contributed by atoms with van der Waals surface area (Å²) in [5, 5.41) is 23.1. The van der Waals surface area contributed by atoms with E-state index < -0.39 is 36.5 Å². The van der Waals surface area contributed by atoms with Gasteiger partial charge in [-0.3, -0.25) is 9.59 Å². The molecule has 8 heteroatoms. The van der Waals surface area contributed by atoms with E-state index in [2.05, 4.69) is 10.6 Å². The first-order valence-electron chi connectivity index (χ1n) is 9.03. The molecule has 0 saturated carbocycles. The number of nitrogens with one attached hydrogen (secondary N) is 2. The second-order valence-corrected chi connectivity index (χ2v) is 6.43. The topological polar surface area (TPSA) is 125 Å². The van der Waals surface area contributed by atoms with Crippen molar-refractivity contribution in [2.45, 2.75) is 24.9 Å². The highest BCUT2D eigenvalue weighted by atomic mass is 16.5. The number of aliphatic hydroxyl groups is 1. The Kier molecular flexibility index (Phi) is 8.17. The maximum Gasteiger partial charge on any atom is 0.405 e. The van der Waals surface area contributed by atoms with Crippen LogP contribution < -0.4 is 15.4 Å². The maximum absolute atomic E-state index is 12.7. The number of ether oxygens (including phenoxy) is 1. The zero-order valence-electron chi connectivity index (χ0n) is 16.0. The summed E-state index contributed by atoms with van der Waals surface area (Å²) >= 11 is 0. The molecule has 0 bridgehead atoms. The van der Waals surface area contributed by atoms with Crippen molar-refractivity contribution in [1.29, 1.82) is 0 Å². The van der Waals surface area contributed by atoms with Gasteiger partial charge in [0.25, 0.3) is 0 Å². The van der Waals surface area contributed by atoms with Crippen LogP contribution in [-0.4, -0.2) is 53.8 Å². The van der Waals surface area contributed by atoms with Gasteiger partial charge in [0.15, 0.2) is 5.78 Å². The largest absolute Gasteiger partial charge is 0.497 e. The van der Waals surface area contributed by atoms with Gasteiger partial charge in [0.2, 0.25) is 5.91 Å². The second-order valence-electron chi connectivity index (χ2n) is 6.43. The van der Waals surface area contributed by atoms with Crippen molar-refractivity contribution in [3.05, 3.63) is 65.7 Å². The number of ketones is 1. The quantitative estimate of drug-likeness (QED) is 0.474. The summed E-state index contributed by atoms with van der Waals surface area (Å²) in [7, 11) is 1.54. The van der Waals surface area contributed by atoms with Crippen molar-refractivity contribution in [3.8, 4) is 5.75 Å². The van der Waals surface area contributed by atoms with E-state index in [0.717, 1.165) is 11.1 Å². The van der Waals surface area contributed by atoms with Crippen molar-refractivity contribution in [2.75, 3.05) is 13.7 Å². The Morgan fingerprint density at radius 1 is 0.897 bits per heavy atom. The van der Waals surface area contributed by atoms with Crippen LogP contribution in [0.25, 0.3) is 0 Å². The zero-order valence-corrected chi connectivity index (χ0v) is 16.0. The normalized spacial score (nSPS) is 12.5. The van der Waals surface area contributed by atoms with Crippen LogP contribution in [0, 0.1) is 0 Å². The lowest BCUT2D eigenvalue weighted by atomic mass is 10.0. The van der Waals surface area contributed by atoms with E-state index in [4.69, 9.17) is 9.84 Å². The van der Waals surface area contributed by atoms with Gasteiger partial charge in [0.1, 0.15) is 18.4 Å². The Hall–Kier alpha value is -3.39. The molecule has 2 atom stereocenters. The van der Waals surface area contributed by atoms with E-state index in [0.29, 0.717) is 5.75 Å². The second kappa shape index (κ2) is 10.8. The minimum atomic E-state index is -1.35. The predicted octanol–water partition coefficient (Wildman–Crippen LogP) is 1.16. The third-order valence-corrected chi connectivity index (χ3v) is 4.36. The number of Topliss-reactive ketones (excluding diaryl/α,β-unsaturated/α-hetero) is 1. The molecule has 0 saturated heterocycles. The third-order valence-electron chi connectivity index (χ3n) is 4.36. The number of hydrogen-bond acceptors (Lipinski definition) is 5. The predicted molar refractivity (Wildman–Crippen MR) is 106 cm³/mol. The van der Waals surface area contributed by atoms with Crippen LogP contribution in [0.2, 0.25) is 0 Å². The first kappa shape index (κ1) is 21.9. The number of carboxylic acid groups (broad SMARTS) is 1. The minimum absolute atomic E-state index is 0.127. The van der Waals surface area contributed by atoms with Crippen molar-refractivity contribution in [2.24, 2.45) is 0 Å². The number of hydrogen-bond donors (Lipinski definition) is 4. The SMILES string of the molecule is COc1ccc(CC(NC(=O)C(Cc2ccccc2)NC(=O)O)C(=O)CO)cc1. The Morgan fingerprint density at radius 3 is 2.03 bits per heavy atom. The molecule has 2 aromatic carbocycles. The average Bonchev–Trinajstić information content (AvgIpc) is 2.73. The summed E-state index contributed by atoms with van der Waals surface area (Å²) in [6.45, 7) is -0.739. The zero-order chi connectivity index (χ0) is 21.2. The van der Waals surface area contributed by atoms with Crippen molar-refractivity contribution in [1.82, 2.24) is 10.6 Å². The maximum atomic E-state index is 12.7. The van der Waals surface area contributed by atoms with Gasteiger partial charge >= 0.3 is 6.09 Å². The first-order chi connectivity index (χ1) is 13.9. The highest BCUT2D eigenvalue weighted by Gasteiger charge is 2.26. The number of amides is 2. The highest BCUT2D eigenvalue weighted by molar-refractivity contribution is 5.92. The van der Waals surface area contributed by atoms with E-state index in [1.165, 1.54) is 7.11 Å². The van der Waals surface area contributed by atoms with E-state index >= 15 is 0 Å². The molecule has 2 aromatic rings. The molecular weight excluding hydrogens is 376 g/mol. The summed E-state index contributed by atoms with van der Waals surface area (Å²) in [4.78, 5) is 36.0. The number of carbonyl (C=O) groups excluding carboxylic acids is 2. The number of carbonyl (C=O) groups is 3. The number of methoxy groups -OCH3 is 1. The van der Waals surface area contributed by atoms with E-state index in [-0.39, 0.29) is 12.8 Å². The monoisotopic (exact) mass is 400 g/mol. The standard InChI is InChI=1S/C21H24N2O6/c1-29-16-9-7-15(8-10-16)11-17(19(25)13-24)22-20(26)18(23-21(27)28)12-14-5-3-2-4-6-14/h2-10,17-18,23-24H,11-13H2,1H3,(H,22,26)(H,27,28). The highest BCUT2D eigenvalue weighted by Crippen LogP contribution is 2.13. The lowest BCUT2D eigenvalue weighted by Gasteiger charge is -2.22. The van der Waals surface area contributed by atoms with Crippen LogP contribution in [0.5, 0.6) is 5.75 Å². The molecule has 0 radical (unpaired) electrons. The molecule has 8 nitrogen and oxygen atoms in total. The van der Waals surface area contributed by atoms with Gasteiger partial charge in [-0.15, -0.1) is 0 Å². The van der Waals surface area contributed by atoms with Gasteiger partial charge in [-0.1, -0.05) is 42.5 Å². The Morgan fingerprint density at radius 2 is 1.48 bits per heavy atom. The van der Waals surface area contributed by atoms with Crippen LogP contribution in [0.15, 0.2) is 54.6 Å². The molecule has 29 heavy (non-hydrogen) atoms. The van der Waals surface area contributed by atoms with Crippen LogP contribution >= 0.6 is 0 Å². The number of benzene rings is 2. The lowest BCUT2D eigenvalue weighted by Crippen LogP contribution is -2.53. The van der Waals surface area contributed by atoms with E-state index in [1.54, 1.807) is 48.5 Å². The summed E-state index contributed by atoms with van der Waals surface area (Å²) < 4.78 is 5.09. The fourth-order valence-corrected chi connectivity index (χ4v) is 2.83. The molecule has 2 unspecified atom stereocenters. The summed E-state index contributed by atoms with van der Waals surface area (Å²) in [6.07, 6.45) is -1.07. The first-order valence-corrected chi connectivity index (χ1v) is 9.03. The molecule has 4 N–H and O–H groups in total. The Labute approximate surface area is 168 Å². The molecule has 0 heterocycles. The smallest absolute Gasteiger partial charge is 0.405 e. The Bertz CT molecular complexity index is 823. The molecule has 0 aliphatic heterocycles. The molecule has 0 aliphatic rings. The third kappa shape index (κ3) is 6.93. The van der Waals surface area contributed by atoms with Crippen molar-refractivity contribution >= 4 is 17.8 Å². The van der Waals surface area contributed by atoms with Gasteiger partial charge in [-0.05, 0) is 29.7 Å². The molecule has 2 rings (SSSR count). The van der Waals surface area contributed by atoms with Crippen molar-refractivity contribution in [3.63, 3.8) is 0 Å². The van der Waals surface area contributed by atoms with Gasteiger partial charge in [0.05, 0.1) is 13.2 Å². The summed E-state index contributed by atoms with van der Waals surface area (Å²) in [5.74, 6) is -0.559. The number of aliphatic hydroxyl groups excluding tert-OH is 1. The van der Waals surface area contributed by atoms with Gasteiger partial charge in [-0.2, -0.15) is 0 Å². The molecule has 0 aromatic heterocycles. The van der Waals surface area contributed by atoms with E-state index in [9.17, 15) is 19.5 Å². The van der Waals surface area contributed by atoms with Gasteiger partial charge < -0.3 is 25.6 Å². The van der Waals surface area contributed by atoms with Gasteiger partial charge in [0, 0.05) is 6.42 Å². The summed E-state index contributed by atoms with van der Waals surface area (Å²) in [5.41, 5.74) is 1.52. The van der Waals surface area contributed by atoms with Crippen molar-refractivity contribution < 1.29 is 29.3 Å². The molecule has 0 spiro atoms. The molecular formula is C21H24N2O6. The summed E-state index contributed by atoms with van der Waals surface area (Å²) in [6, 6.07) is 13.8. The van der Waals surface area contributed by atoms with Crippen LogP contribution in [0.3, 0.4) is 0 Å². The van der Waals surface area contributed by atoms with Crippen LogP contribution in [0.4, 0.5) is 4.79 Å². The van der Waals surface area contributed by atoms with E-state index in [1.807, 2.05) is 6.07 Å². The Balaban J connectivity index is 2.13. The van der Waals surface area contributed by atoms with Gasteiger partial charge in [-0.25, -0.2) is 4.79 Å². The number of rotatable bonds is 10.